The minimum Gasteiger partial charge on any atom is -0.493 e. The van der Waals surface area contributed by atoms with Crippen LogP contribution < -0.4 is 10.1 Å². The maximum Gasteiger partial charge on any atom is 0.165 e. The monoisotopic (exact) mass is 360 g/mol. The van der Waals surface area contributed by atoms with E-state index in [0.29, 0.717) is 17.2 Å². The molecule has 0 spiro atoms. The van der Waals surface area contributed by atoms with Crippen molar-refractivity contribution in [3.05, 3.63) is 66.7 Å². The van der Waals surface area contributed by atoms with Crippen molar-refractivity contribution >= 4 is 16.7 Å². The lowest BCUT2D eigenvalue weighted by atomic mass is 10.0. The van der Waals surface area contributed by atoms with E-state index in [1.165, 1.54) is 13.2 Å². The lowest BCUT2D eigenvalue weighted by molar-refractivity contribution is 0.388. The molecule has 134 valence electrons. The molecule has 1 N–H and O–H groups in total. The number of rotatable bonds is 4. The van der Waals surface area contributed by atoms with Gasteiger partial charge in [0.15, 0.2) is 17.4 Å². The van der Waals surface area contributed by atoms with Crippen LogP contribution in [0.4, 0.5) is 10.2 Å². The van der Waals surface area contributed by atoms with Gasteiger partial charge in [0.05, 0.1) is 12.6 Å². The average molecular weight is 360 g/mol. The Labute approximate surface area is 155 Å². The minimum absolute atomic E-state index is 0.218. The number of nitrogens with one attached hydrogen (secondary N) is 1. The second-order valence-corrected chi connectivity index (χ2v) is 5.94. The molecule has 0 saturated heterocycles. The number of aromatic nitrogens is 3. The van der Waals surface area contributed by atoms with E-state index < -0.39 is 5.82 Å². The first-order valence-electron chi connectivity index (χ1n) is 8.44. The van der Waals surface area contributed by atoms with Crippen LogP contribution in [0.15, 0.2) is 60.9 Å². The standard InChI is InChI=1S/C21H17FN4O/c1-23-21-16-11-13(15-6-3-7-17(22)19(15)27-2)8-9-18(16)25-20(26-21)14-5-4-10-24-12-14/h3-12H,1-2H3,(H,23,25,26). The topological polar surface area (TPSA) is 59.9 Å². The summed E-state index contributed by atoms with van der Waals surface area (Å²) in [7, 11) is 3.27. The van der Waals surface area contributed by atoms with E-state index in [4.69, 9.17) is 4.74 Å². The van der Waals surface area contributed by atoms with Crippen LogP contribution in [0, 0.1) is 5.82 Å². The highest BCUT2D eigenvalue weighted by Crippen LogP contribution is 2.35. The predicted molar refractivity (Wildman–Crippen MR) is 104 cm³/mol. The Morgan fingerprint density at radius 1 is 1.00 bits per heavy atom. The molecule has 2 aromatic heterocycles. The zero-order valence-electron chi connectivity index (χ0n) is 14.9. The molecule has 5 nitrogen and oxygen atoms in total. The van der Waals surface area contributed by atoms with Crippen LogP contribution >= 0.6 is 0 Å². The van der Waals surface area contributed by atoms with Gasteiger partial charge in [-0.25, -0.2) is 14.4 Å². The van der Waals surface area contributed by atoms with Crippen LogP contribution in [0.3, 0.4) is 0 Å². The molecule has 4 aromatic rings. The van der Waals surface area contributed by atoms with Crippen LogP contribution in [-0.4, -0.2) is 29.1 Å². The second-order valence-electron chi connectivity index (χ2n) is 5.94. The number of anilines is 1. The molecular weight excluding hydrogens is 343 g/mol. The Kier molecular flexibility index (Phi) is 4.38. The van der Waals surface area contributed by atoms with Gasteiger partial charge < -0.3 is 10.1 Å². The number of nitrogens with zero attached hydrogens (tertiary/aromatic N) is 3. The number of hydrogen-bond acceptors (Lipinski definition) is 5. The zero-order chi connectivity index (χ0) is 18.8. The van der Waals surface area contributed by atoms with Gasteiger partial charge in [0.1, 0.15) is 5.82 Å². The summed E-state index contributed by atoms with van der Waals surface area (Å²) < 4.78 is 19.3. The molecule has 27 heavy (non-hydrogen) atoms. The van der Waals surface area contributed by atoms with E-state index >= 15 is 0 Å². The van der Waals surface area contributed by atoms with Crippen molar-refractivity contribution in [1.82, 2.24) is 15.0 Å². The molecule has 4 rings (SSSR count). The van der Waals surface area contributed by atoms with Crippen molar-refractivity contribution < 1.29 is 9.13 Å². The highest BCUT2D eigenvalue weighted by Gasteiger charge is 2.14. The third-order valence-electron chi connectivity index (χ3n) is 4.33. The molecule has 0 unspecified atom stereocenters. The molecule has 0 radical (unpaired) electrons. The molecule has 0 aliphatic carbocycles. The normalized spacial score (nSPS) is 10.8. The van der Waals surface area contributed by atoms with Gasteiger partial charge in [0.25, 0.3) is 0 Å². The van der Waals surface area contributed by atoms with Crippen molar-refractivity contribution in [1.29, 1.82) is 0 Å². The molecule has 0 bridgehead atoms. The van der Waals surface area contributed by atoms with Gasteiger partial charge in [0.2, 0.25) is 0 Å². The summed E-state index contributed by atoms with van der Waals surface area (Å²) >= 11 is 0. The summed E-state index contributed by atoms with van der Waals surface area (Å²) in [6.45, 7) is 0. The molecule has 0 amide bonds. The highest BCUT2D eigenvalue weighted by atomic mass is 19.1. The molecule has 0 atom stereocenters. The molecule has 0 fully saturated rings. The van der Waals surface area contributed by atoms with Gasteiger partial charge in [-0.3, -0.25) is 4.98 Å². The number of benzene rings is 2. The largest absolute Gasteiger partial charge is 0.493 e. The molecule has 2 heterocycles. The number of pyridine rings is 1. The summed E-state index contributed by atoms with van der Waals surface area (Å²) in [6, 6.07) is 14.4. The SMILES string of the molecule is CNc1nc(-c2cccnc2)nc2ccc(-c3cccc(F)c3OC)cc12. The van der Waals surface area contributed by atoms with Crippen LogP contribution in [0.1, 0.15) is 0 Å². The van der Waals surface area contributed by atoms with Crippen molar-refractivity contribution in [2.24, 2.45) is 0 Å². The fraction of sp³-hybridized carbons (Fsp3) is 0.0952. The smallest absolute Gasteiger partial charge is 0.165 e. The fourth-order valence-electron chi connectivity index (χ4n) is 3.05. The Morgan fingerprint density at radius 2 is 1.89 bits per heavy atom. The van der Waals surface area contributed by atoms with Crippen LogP contribution in [-0.2, 0) is 0 Å². The number of halogens is 1. The lowest BCUT2D eigenvalue weighted by Crippen LogP contribution is -1.99. The maximum atomic E-state index is 14.1. The van der Waals surface area contributed by atoms with Gasteiger partial charge in [-0.05, 0) is 35.9 Å². The van der Waals surface area contributed by atoms with Gasteiger partial charge >= 0.3 is 0 Å². The number of hydrogen-bond donors (Lipinski definition) is 1. The molecule has 6 heteroatoms. The number of fused-ring (bicyclic) bond motifs is 1. The van der Waals surface area contributed by atoms with Crippen molar-refractivity contribution in [2.75, 3.05) is 19.5 Å². The Balaban J connectivity index is 1.90. The van der Waals surface area contributed by atoms with Crippen LogP contribution in [0.25, 0.3) is 33.4 Å². The molecule has 0 saturated carbocycles. The molecular formula is C21H17FN4O. The minimum atomic E-state index is -0.396. The van der Waals surface area contributed by atoms with Crippen molar-refractivity contribution in [2.45, 2.75) is 0 Å². The number of methoxy groups -OCH3 is 1. The second kappa shape index (κ2) is 6.99. The van der Waals surface area contributed by atoms with E-state index in [0.717, 1.165) is 22.0 Å². The number of para-hydroxylation sites is 1. The van der Waals surface area contributed by atoms with E-state index in [2.05, 4.69) is 20.3 Å². The molecule has 0 aliphatic heterocycles. The summed E-state index contributed by atoms with van der Waals surface area (Å²) in [5.74, 6) is 1.11. The van der Waals surface area contributed by atoms with Crippen LogP contribution in [0.5, 0.6) is 5.75 Å². The summed E-state index contributed by atoms with van der Waals surface area (Å²) in [5.41, 5.74) is 3.13. The maximum absolute atomic E-state index is 14.1. The van der Waals surface area contributed by atoms with E-state index in [9.17, 15) is 4.39 Å². The lowest BCUT2D eigenvalue weighted by Gasteiger charge is -2.12. The zero-order valence-corrected chi connectivity index (χ0v) is 14.9. The average Bonchev–Trinajstić information content (AvgIpc) is 2.73. The van der Waals surface area contributed by atoms with Gasteiger partial charge in [-0.15, -0.1) is 0 Å². The molecule has 0 aliphatic rings. The predicted octanol–water partition coefficient (Wildman–Crippen LogP) is 4.55. The van der Waals surface area contributed by atoms with Crippen molar-refractivity contribution in [3.63, 3.8) is 0 Å². The Bertz CT molecular complexity index is 1120. The van der Waals surface area contributed by atoms with E-state index in [1.54, 1.807) is 18.5 Å². The van der Waals surface area contributed by atoms with Gasteiger partial charge in [-0.2, -0.15) is 0 Å². The quantitative estimate of drug-likeness (QED) is 0.579. The first kappa shape index (κ1) is 16.9. The fourth-order valence-corrected chi connectivity index (χ4v) is 3.05. The van der Waals surface area contributed by atoms with Gasteiger partial charge in [-0.1, -0.05) is 18.2 Å². The summed E-state index contributed by atoms with van der Waals surface area (Å²) in [6.07, 6.45) is 3.44. The first-order chi connectivity index (χ1) is 13.2. The summed E-state index contributed by atoms with van der Waals surface area (Å²) in [5, 5.41) is 3.96. The van der Waals surface area contributed by atoms with E-state index in [-0.39, 0.29) is 5.75 Å². The van der Waals surface area contributed by atoms with Crippen molar-refractivity contribution in [3.8, 4) is 28.3 Å². The summed E-state index contributed by atoms with van der Waals surface area (Å²) in [4.78, 5) is 13.4. The third kappa shape index (κ3) is 3.06. The first-order valence-corrected chi connectivity index (χ1v) is 8.44. The van der Waals surface area contributed by atoms with E-state index in [1.807, 2.05) is 43.4 Å². The highest BCUT2D eigenvalue weighted by molar-refractivity contribution is 5.94. The number of ether oxygens (including phenoxy) is 1. The Hall–Kier alpha value is -3.54. The van der Waals surface area contributed by atoms with Crippen LogP contribution in [0.2, 0.25) is 0 Å². The molecule has 2 aromatic carbocycles. The van der Waals surface area contributed by atoms with Gasteiger partial charge in [0, 0.05) is 36.0 Å². The Morgan fingerprint density at radius 3 is 2.63 bits per heavy atom. The third-order valence-corrected chi connectivity index (χ3v) is 4.33.